The second-order valence-electron chi connectivity index (χ2n) is 4.57. The summed E-state index contributed by atoms with van der Waals surface area (Å²) in [6.07, 6.45) is 3.64. The van der Waals surface area contributed by atoms with Gasteiger partial charge >= 0.3 is 0 Å². The number of hydrogen-bond donors (Lipinski definition) is 1. The molecule has 0 saturated carbocycles. The molecule has 3 rings (SSSR count). The Morgan fingerprint density at radius 2 is 2.00 bits per heavy atom. The highest BCUT2D eigenvalue weighted by molar-refractivity contribution is 8.02. The van der Waals surface area contributed by atoms with Gasteiger partial charge in [-0.2, -0.15) is 0 Å². The third-order valence-corrected chi connectivity index (χ3v) is 5.76. The van der Waals surface area contributed by atoms with Gasteiger partial charge in [-0.3, -0.25) is 0 Å². The third-order valence-electron chi connectivity index (χ3n) is 3.21. The van der Waals surface area contributed by atoms with Crippen LogP contribution in [0.25, 0.3) is 0 Å². The number of hydrogen-bond acceptors (Lipinski definition) is 6. The van der Waals surface area contributed by atoms with E-state index in [0.717, 1.165) is 10.8 Å². The van der Waals surface area contributed by atoms with Gasteiger partial charge in [-0.15, -0.1) is 11.3 Å². The Kier molecular flexibility index (Phi) is 5.90. The van der Waals surface area contributed by atoms with Crippen molar-refractivity contribution >= 4 is 46.3 Å². The van der Waals surface area contributed by atoms with Crippen LogP contribution in [0.2, 0.25) is 4.34 Å². The van der Waals surface area contributed by atoms with Crippen LogP contribution < -0.4 is 10.0 Å². The van der Waals surface area contributed by atoms with Crippen LogP contribution in [0.1, 0.15) is 18.4 Å². The standard InChI is InChI=1S/C14H15ClN2S2.O2/c15-14-11(16)9-13(18-14)19-17-8-4-3-6-10-5-1-2-7-12(10)17;1-2/h1-2,5,7,9H,3-4,6,8,16H2;. The minimum Gasteiger partial charge on any atom is -0.397 e. The minimum atomic E-state index is 0.678. The number of nitrogen functional groups attached to an aromatic ring is 1. The minimum absolute atomic E-state index is 0.678. The summed E-state index contributed by atoms with van der Waals surface area (Å²) in [7, 11) is 0. The first-order chi connectivity index (χ1) is 10.2. The van der Waals surface area contributed by atoms with Gasteiger partial charge in [0, 0.05) is 16.5 Å². The molecule has 0 unspecified atom stereocenters. The van der Waals surface area contributed by atoms with Gasteiger partial charge in [-0.05, 0) is 48.9 Å². The number of thiophene rings is 1. The van der Waals surface area contributed by atoms with E-state index in [1.165, 1.54) is 30.5 Å². The smallest absolute Gasteiger partial charge is 0.117 e. The summed E-state index contributed by atoms with van der Waals surface area (Å²) in [5.41, 5.74) is 9.26. The van der Waals surface area contributed by atoms with Crippen LogP contribution in [0.4, 0.5) is 11.4 Å². The van der Waals surface area contributed by atoms with Crippen molar-refractivity contribution in [2.75, 3.05) is 16.6 Å². The normalized spacial score (nSPS) is 13.9. The molecule has 2 N–H and O–H groups in total. The van der Waals surface area contributed by atoms with Gasteiger partial charge in [-0.25, -0.2) is 0 Å². The summed E-state index contributed by atoms with van der Waals surface area (Å²) < 4.78 is 4.20. The van der Waals surface area contributed by atoms with Gasteiger partial charge in [0.15, 0.2) is 0 Å². The molecule has 1 aromatic heterocycles. The molecule has 1 aliphatic rings. The lowest BCUT2D eigenvalue weighted by molar-refractivity contribution is 0.773. The van der Waals surface area contributed by atoms with E-state index in [4.69, 9.17) is 27.3 Å². The van der Waals surface area contributed by atoms with Crippen LogP contribution in [0.3, 0.4) is 0 Å². The third kappa shape index (κ3) is 3.90. The van der Waals surface area contributed by atoms with E-state index in [9.17, 15) is 0 Å². The molecule has 21 heavy (non-hydrogen) atoms. The van der Waals surface area contributed by atoms with Gasteiger partial charge in [0.2, 0.25) is 0 Å². The summed E-state index contributed by atoms with van der Waals surface area (Å²) >= 11 is 9.34. The Morgan fingerprint density at radius 3 is 2.71 bits per heavy atom. The molecule has 2 heterocycles. The first-order valence-electron chi connectivity index (χ1n) is 6.49. The highest BCUT2D eigenvalue weighted by Crippen LogP contribution is 2.41. The molecule has 0 saturated heterocycles. The maximum absolute atomic E-state index is 7.00. The molecular weight excluding hydrogens is 328 g/mol. The van der Waals surface area contributed by atoms with Crippen LogP contribution >= 0.6 is 34.9 Å². The van der Waals surface area contributed by atoms with Crippen molar-refractivity contribution in [1.29, 1.82) is 0 Å². The molecule has 0 fully saturated rings. The molecule has 7 heteroatoms. The number of fused-ring (bicyclic) bond motifs is 1. The summed E-state index contributed by atoms with van der Waals surface area (Å²) in [6, 6.07) is 10.6. The van der Waals surface area contributed by atoms with Gasteiger partial charge in [0.1, 0.15) is 4.34 Å². The van der Waals surface area contributed by atoms with Crippen molar-refractivity contribution in [2.45, 2.75) is 23.5 Å². The molecule has 0 spiro atoms. The first-order valence-corrected chi connectivity index (χ1v) is 8.46. The summed E-state index contributed by atoms with van der Waals surface area (Å²) in [5, 5.41) is 0. The van der Waals surface area contributed by atoms with Crippen molar-refractivity contribution in [1.82, 2.24) is 0 Å². The number of benzene rings is 1. The zero-order valence-electron chi connectivity index (χ0n) is 11.3. The molecule has 0 aliphatic carbocycles. The van der Waals surface area contributed by atoms with Crippen LogP contribution in [0.15, 0.2) is 34.5 Å². The number of nitrogens with zero attached hydrogens (tertiary/aromatic N) is 1. The van der Waals surface area contributed by atoms with Crippen molar-refractivity contribution in [3.63, 3.8) is 0 Å². The Morgan fingerprint density at radius 1 is 1.24 bits per heavy atom. The Balaban J connectivity index is 0.000000774. The summed E-state index contributed by atoms with van der Waals surface area (Å²) in [6.45, 7) is 1.07. The summed E-state index contributed by atoms with van der Waals surface area (Å²) in [4.78, 5) is 14.0. The zero-order valence-corrected chi connectivity index (χ0v) is 13.6. The van der Waals surface area contributed by atoms with E-state index in [1.807, 2.05) is 6.07 Å². The van der Waals surface area contributed by atoms with Crippen LogP contribution in [0, 0.1) is 9.93 Å². The molecule has 4 nitrogen and oxygen atoms in total. The van der Waals surface area contributed by atoms with E-state index in [-0.39, 0.29) is 0 Å². The second-order valence-corrected chi connectivity index (χ2v) is 7.55. The molecule has 0 bridgehead atoms. The number of rotatable bonds is 2. The monoisotopic (exact) mass is 342 g/mol. The number of halogens is 1. The van der Waals surface area contributed by atoms with Crippen LogP contribution in [-0.4, -0.2) is 6.54 Å². The van der Waals surface area contributed by atoms with Crippen molar-refractivity contribution in [3.05, 3.63) is 50.2 Å². The van der Waals surface area contributed by atoms with Gasteiger partial charge in [0.05, 0.1) is 15.6 Å². The van der Waals surface area contributed by atoms with E-state index in [2.05, 4.69) is 28.6 Å². The zero-order chi connectivity index (χ0) is 15.2. The fourth-order valence-corrected chi connectivity index (χ4v) is 4.81. The molecule has 112 valence electrons. The maximum atomic E-state index is 7.00. The predicted octanol–water partition coefficient (Wildman–Crippen LogP) is 4.90. The predicted molar refractivity (Wildman–Crippen MR) is 93.1 cm³/mol. The van der Waals surface area contributed by atoms with E-state index in [0.29, 0.717) is 10.0 Å². The average Bonchev–Trinajstić information content (AvgIpc) is 2.72. The van der Waals surface area contributed by atoms with E-state index >= 15 is 0 Å². The molecule has 1 aliphatic heterocycles. The van der Waals surface area contributed by atoms with Gasteiger partial charge in [0.25, 0.3) is 0 Å². The number of para-hydroxylation sites is 1. The largest absolute Gasteiger partial charge is 0.397 e. The molecular formula is C14H15ClN2O2S2. The molecule has 2 aromatic rings. The van der Waals surface area contributed by atoms with E-state index < -0.39 is 0 Å². The molecule has 0 atom stereocenters. The maximum Gasteiger partial charge on any atom is 0.117 e. The fourth-order valence-electron chi connectivity index (χ4n) is 2.27. The lowest BCUT2D eigenvalue weighted by atomic mass is 10.1. The number of nitrogens with two attached hydrogens (primary N) is 1. The van der Waals surface area contributed by atoms with Gasteiger partial charge in [-0.1, -0.05) is 29.8 Å². The lowest BCUT2D eigenvalue weighted by Crippen LogP contribution is -2.14. The van der Waals surface area contributed by atoms with Crippen molar-refractivity contribution in [2.24, 2.45) is 0 Å². The summed E-state index contributed by atoms with van der Waals surface area (Å²) in [5.74, 6) is 0. The van der Waals surface area contributed by atoms with Crippen molar-refractivity contribution in [3.8, 4) is 0 Å². The SMILES string of the molecule is Nc1cc(SN2CCCCc3ccccc32)sc1Cl.O=O. The Bertz CT molecular complexity index is 587. The van der Waals surface area contributed by atoms with E-state index in [1.54, 1.807) is 23.3 Å². The number of aryl methyl sites for hydroxylation is 1. The first kappa shape index (κ1) is 16.1. The highest BCUT2D eigenvalue weighted by atomic mass is 35.5. The van der Waals surface area contributed by atoms with Gasteiger partial charge < -0.3 is 10.0 Å². The fraction of sp³-hybridized carbons (Fsp3) is 0.286. The van der Waals surface area contributed by atoms with Crippen LogP contribution in [0.5, 0.6) is 0 Å². The Labute approximate surface area is 136 Å². The molecule has 0 amide bonds. The molecule has 0 radical (unpaired) electrons. The number of anilines is 2. The quantitative estimate of drug-likeness (QED) is 0.786. The second kappa shape index (κ2) is 7.68. The van der Waals surface area contributed by atoms with Crippen molar-refractivity contribution < 1.29 is 0 Å². The Hall–Kier alpha value is -1.24. The highest BCUT2D eigenvalue weighted by Gasteiger charge is 2.17. The lowest BCUT2D eigenvalue weighted by Gasteiger charge is -2.22. The average molecular weight is 343 g/mol. The molecule has 1 aromatic carbocycles. The van der Waals surface area contributed by atoms with Crippen LogP contribution in [-0.2, 0) is 6.42 Å². The topological polar surface area (TPSA) is 63.4 Å².